The zero-order chi connectivity index (χ0) is 14.8. The van der Waals surface area contributed by atoms with Gasteiger partial charge in [-0.05, 0) is 12.0 Å². The SMILES string of the molecule is CCCC(=O)N[C@H](COC)C(=O)NCc1ccccc1. The average molecular weight is 278 g/mol. The second-order valence-corrected chi connectivity index (χ2v) is 4.53. The van der Waals surface area contributed by atoms with Gasteiger partial charge in [-0.1, -0.05) is 37.3 Å². The van der Waals surface area contributed by atoms with E-state index in [4.69, 9.17) is 4.74 Å². The van der Waals surface area contributed by atoms with Crippen LogP contribution in [0.2, 0.25) is 0 Å². The number of hydrogen-bond acceptors (Lipinski definition) is 3. The highest BCUT2D eigenvalue weighted by Crippen LogP contribution is 1.98. The second-order valence-electron chi connectivity index (χ2n) is 4.53. The lowest BCUT2D eigenvalue weighted by molar-refractivity contribution is -0.130. The fraction of sp³-hybridized carbons (Fsp3) is 0.467. The molecular weight excluding hydrogens is 256 g/mol. The van der Waals surface area contributed by atoms with Crippen LogP contribution in [-0.4, -0.2) is 31.6 Å². The molecule has 1 rings (SSSR count). The molecule has 5 nitrogen and oxygen atoms in total. The molecule has 110 valence electrons. The number of ether oxygens (including phenoxy) is 1. The highest BCUT2D eigenvalue weighted by atomic mass is 16.5. The van der Waals surface area contributed by atoms with Crippen molar-refractivity contribution in [2.45, 2.75) is 32.4 Å². The molecule has 0 saturated heterocycles. The van der Waals surface area contributed by atoms with E-state index in [2.05, 4.69) is 10.6 Å². The third kappa shape index (κ3) is 5.84. The molecule has 1 aromatic rings. The van der Waals surface area contributed by atoms with E-state index in [9.17, 15) is 9.59 Å². The molecule has 1 aromatic carbocycles. The molecule has 2 N–H and O–H groups in total. The van der Waals surface area contributed by atoms with Gasteiger partial charge in [0.05, 0.1) is 6.61 Å². The van der Waals surface area contributed by atoms with Gasteiger partial charge in [-0.3, -0.25) is 9.59 Å². The zero-order valence-corrected chi connectivity index (χ0v) is 12.0. The van der Waals surface area contributed by atoms with Gasteiger partial charge in [0.1, 0.15) is 6.04 Å². The van der Waals surface area contributed by atoms with Crippen LogP contribution in [0.15, 0.2) is 30.3 Å². The first kappa shape index (κ1) is 16.2. The molecule has 0 radical (unpaired) electrons. The van der Waals surface area contributed by atoms with Crippen LogP contribution >= 0.6 is 0 Å². The van der Waals surface area contributed by atoms with Crippen LogP contribution in [0.4, 0.5) is 0 Å². The van der Waals surface area contributed by atoms with Crippen molar-refractivity contribution in [1.29, 1.82) is 0 Å². The van der Waals surface area contributed by atoms with Crippen molar-refractivity contribution in [2.75, 3.05) is 13.7 Å². The van der Waals surface area contributed by atoms with E-state index in [1.165, 1.54) is 7.11 Å². The molecular formula is C15H22N2O3. The first-order valence-corrected chi connectivity index (χ1v) is 6.77. The van der Waals surface area contributed by atoms with Gasteiger partial charge in [-0.15, -0.1) is 0 Å². The van der Waals surface area contributed by atoms with Crippen LogP contribution in [0.3, 0.4) is 0 Å². The lowest BCUT2D eigenvalue weighted by Gasteiger charge is -2.17. The number of nitrogens with one attached hydrogen (secondary N) is 2. The molecule has 5 heteroatoms. The van der Waals surface area contributed by atoms with E-state index < -0.39 is 6.04 Å². The Balaban J connectivity index is 2.49. The minimum atomic E-state index is -0.650. The Morgan fingerprint density at radius 3 is 2.55 bits per heavy atom. The third-order valence-electron chi connectivity index (χ3n) is 2.77. The maximum Gasteiger partial charge on any atom is 0.245 e. The first-order chi connectivity index (χ1) is 9.67. The van der Waals surface area contributed by atoms with Crippen molar-refractivity contribution in [3.8, 4) is 0 Å². The largest absolute Gasteiger partial charge is 0.382 e. The molecule has 0 fully saturated rings. The van der Waals surface area contributed by atoms with Crippen molar-refractivity contribution < 1.29 is 14.3 Å². The molecule has 0 aromatic heterocycles. The van der Waals surface area contributed by atoms with E-state index in [1.54, 1.807) is 0 Å². The highest BCUT2D eigenvalue weighted by molar-refractivity contribution is 5.87. The fourth-order valence-electron chi connectivity index (χ4n) is 1.75. The summed E-state index contributed by atoms with van der Waals surface area (Å²) in [4.78, 5) is 23.6. The van der Waals surface area contributed by atoms with E-state index in [0.717, 1.165) is 12.0 Å². The van der Waals surface area contributed by atoms with Gasteiger partial charge in [0, 0.05) is 20.1 Å². The van der Waals surface area contributed by atoms with Gasteiger partial charge in [0.2, 0.25) is 11.8 Å². The average Bonchev–Trinajstić information content (AvgIpc) is 2.45. The number of rotatable bonds is 8. The molecule has 0 aliphatic rings. The van der Waals surface area contributed by atoms with Gasteiger partial charge in [-0.25, -0.2) is 0 Å². The summed E-state index contributed by atoms with van der Waals surface area (Å²) in [6.45, 7) is 2.51. The number of carbonyl (C=O) groups is 2. The Bertz CT molecular complexity index is 420. The molecule has 0 unspecified atom stereocenters. The maximum atomic E-state index is 12.0. The van der Waals surface area contributed by atoms with Crippen molar-refractivity contribution >= 4 is 11.8 Å². The van der Waals surface area contributed by atoms with E-state index in [0.29, 0.717) is 13.0 Å². The van der Waals surface area contributed by atoms with Gasteiger partial charge in [0.25, 0.3) is 0 Å². The van der Waals surface area contributed by atoms with Crippen LogP contribution in [0, 0.1) is 0 Å². The zero-order valence-electron chi connectivity index (χ0n) is 12.0. The first-order valence-electron chi connectivity index (χ1n) is 6.77. The molecule has 0 aliphatic carbocycles. The number of amides is 2. The van der Waals surface area contributed by atoms with Crippen molar-refractivity contribution in [1.82, 2.24) is 10.6 Å². The topological polar surface area (TPSA) is 67.4 Å². The van der Waals surface area contributed by atoms with Gasteiger partial charge >= 0.3 is 0 Å². The lowest BCUT2D eigenvalue weighted by atomic mass is 10.2. The normalized spacial score (nSPS) is 11.7. The number of hydrogen-bond donors (Lipinski definition) is 2. The maximum absolute atomic E-state index is 12.0. The quantitative estimate of drug-likeness (QED) is 0.751. The van der Waals surface area contributed by atoms with Crippen molar-refractivity contribution in [3.63, 3.8) is 0 Å². The van der Waals surface area contributed by atoms with E-state index in [-0.39, 0.29) is 18.4 Å². The van der Waals surface area contributed by atoms with Gasteiger partial charge in [-0.2, -0.15) is 0 Å². The van der Waals surface area contributed by atoms with Crippen molar-refractivity contribution in [2.24, 2.45) is 0 Å². The molecule has 1 atom stereocenters. The Kier molecular flexibility index (Phi) is 7.35. The number of methoxy groups -OCH3 is 1. The Morgan fingerprint density at radius 2 is 1.95 bits per heavy atom. The molecule has 0 spiro atoms. The molecule has 0 bridgehead atoms. The number of benzene rings is 1. The smallest absolute Gasteiger partial charge is 0.245 e. The summed E-state index contributed by atoms with van der Waals surface area (Å²) in [5.74, 6) is -0.371. The van der Waals surface area contributed by atoms with Crippen LogP contribution in [0.5, 0.6) is 0 Å². The summed E-state index contributed by atoms with van der Waals surface area (Å²) >= 11 is 0. The molecule has 0 aliphatic heterocycles. The van der Waals surface area contributed by atoms with Crippen LogP contribution in [0.25, 0.3) is 0 Å². The predicted octanol–water partition coefficient (Wildman–Crippen LogP) is 1.23. The predicted molar refractivity (Wildman–Crippen MR) is 77.0 cm³/mol. The minimum absolute atomic E-state index is 0.135. The molecule has 0 heterocycles. The standard InChI is InChI=1S/C15H22N2O3/c1-3-7-14(18)17-13(11-20-2)15(19)16-10-12-8-5-4-6-9-12/h4-6,8-9,13H,3,7,10-11H2,1-2H3,(H,16,19)(H,17,18)/t13-/m1/s1. The van der Waals surface area contributed by atoms with Gasteiger partial charge < -0.3 is 15.4 Å². The summed E-state index contributed by atoms with van der Waals surface area (Å²) in [5.41, 5.74) is 1.01. The Labute approximate surface area is 119 Å². The van der Waals surface area contributed by atoms with Crippen LogP contribution in [-0.2, 0) is 20.9 Å². The van der Waals surface area contributed by atoms with Crippen molar-refractivity contribution in [3.05, 3.63) is 35.9 Å². The Morgan fingerprint density at radius 1 is 1.25 bits per heavy atom. The van der Waals surface area contributed by atoms with E-state index >= 15 is 0 Å². The molecule has 20 heavy (non-hydrogen) atoms. The monoisotopic (exact) mass is 278 g/mol. The summed E-state index contributed by atoms with van der Waals surface area (Å²) in [7, 11) is 1.50. The van der Waals surface area contributed by atoms with E-state index in [1.807, 2.05) is 37.3 Å². The number of carbonyl (C=O) groups excluding carboxylic acids is 2. The Hall–Kier alpha value is -1.88. The third-order valence-corrected chi connectivity index (χ3v) is 2.77. The second kappa shape index (κ2) is 9.09. The minimum Gasteiger partial charge on any atom is -0.382 e. The summed E-state index contributed by atoms with van der Waals surface area (Å²) in [6.07, 6.45) is 1.16. The molecule has 2 amide bonds. The van der Waals surface area contributed by atoms with Gasteiger partial charge in [0.15, 0.2) is 0 Å². The van der Waals surface area contributed by atoms with Crippen LogP contribution < -0.4 is 10.6 Å². The summed E-state index contributed by atoms with van der Waals surface area (Å²) in [5, 5.41) is 5.48. The van der Waals surface area contributed by atoms with Crippen LogP contribution in [0.1, 0.15) is 25.3 Å². The highest BCUT2D eigenvalue weighted by Gasteiger charge is 2.19. The lowest BCUT2D eigenvalue weighted by Crippen LogP contribution is -2.49. The molecule has 0 saturated carbocycles. The summed E-state index contributed by atoms with van der Waals surface area (Å²) in [6, 6.07) is 8.96. The fourth-order valence-corrected chi connectivity index (χ4v) is 1.75. The summed E-state index contributed by atoms with van der Waals surface area (Å²) < 4.78 is 4.98.